The minimum atomic E-state index is -0.380. The van der Waals surface area contributed by atoms with Crippen LogP contribution in [0.25, 0.3) is 0 Å². The van der Waals surface area contributed by atoms with E-state index in [9.17, 15) is 5.11 Å². The zero-order valence-corrected chi connectivity index (χ0v) is 12.7. The van der Waals surface area contributed by atoms with Gasteiger partial charge in [0.1, 0.15) is 0 Å². The van der Waals surface area contributed by atoms with Crippen molar-refractivity contribution in [3.05, 3.63) is 0 Å². The number of nitrogens with one attached hydrogen (secondary N) is 1. The molecule has 2 aliphatic heterocycles. The highest BCUT2D eigenvalue weighted by Gasteiger charge is 2.33. The van der Waals surface area contributed by atoms with Crippen molar-refractivity contribution in [3.8, 4) is 0 Å². The molecule has 0 spiro atoms. The topological polar surface area (TPSA) is 54.0 Å². The predicted molar refractivity (Wildman–Crippen MR) is 78.9 cm³/mol. The van der Waals surface area contributed by atoms with Crippen molar-refractivity contribution in [3.63, 3.8) is 0 Å². The van der Waals surface area contributed by atoms with Gasteiger partial charge >= 0.3 is 0 Å². The van der Waals surface area contributed by atoms with Crippen molar-refractivity contribution in [1.29, 1.82) is 0 Å². The first-order valence-electron chi connectivity index (χ1n) is 8.00. The molecular formula is C15H30N2O3. The lowest BCUT2D eigenvalue weighted by atomic mass is 9.88. The Kier molecular flexibility index (Phi) is 7.24. The molecule has 0 aromatic rings. The van der Waals surface area contributed by atoms with Crippen LogP contribution < -0.4 is 5.32 Å². The standard InChI is InChI=1S/C15H30N2O3/c1-19-9-10-20-12-14(18)11-17-8-2-3-15(17)13-4-6-16-7-5-13/h13-16,18H,2-12H2,1H3. The van der Waals surface area contributed by atoms with Gasteiger partial charge in [-0.25, -0.2) is 0 Å². The molecule has 0 aromatic carbocycles. The average Bonchev–Trinajstić information content (AvgIpc) is 2.92. The fourth-order valence-corrected chi connectivity index (χ4v) is 3.53. The number of rotatable bonds is 8. The fourth-order valence-electron chi connectivity index (χ4n) is 3.53. The van der Waals surface area contributed by atoms with E-state index in [1.165, 1.54) is 25.7 Å². The lowest BCUT2D eigenvalue weighted by Gasteiger charge is -2.35. The number of ether oxygens (including phenoxy) is 2. The first-order chi connectivity index (χ1) is 9.81. The van der Waals surface area contributed by atoms with E-state index in [4.69, 9.17) is 9.47 Å². The summed E-state index contributed by atoms with van der Waals surface area (Å²) in [5.74, 6) is 0.806. The van der Waals surface area contributed by atoms with Crippen LogP contribution in [0.1, 0.15) is 25.7 Å². The monoisotopic (exact) mass is 286 g/mol. The number of piperidine rings is 1. The highest BCUT2D eigenvalue weighted by Crippen LogP contribution is 2.29. The molecule has 2 rings (SSSR count). The number of hydrogen-bond donors (Lipinski definition) is 2. The SMILES string of the molecule is COCCOCC(O)CN1CCCC1C1CCNCC1. The zero-order valence-electron chi connectivity index (χ0n) is 12.7. The van der Waals surface area contributed by atoms with Crippen LogP contribution in [0.3, 0.4) is 0 Å². The van der Waals surface area contributed by atoms with Gasteiger partial charge in [0.2, 0.25) is 0 Å². The number of aliphatic hydroxyl groups excluding tert-OH is 1. The van der Waals surface area contributed by atoms with Gasteiger partial charge in [0.25, 0.3) is 0 Å². The molecule has 2 N–H and O–H groups in total. The smallest absolute Gasteiger partial charge is 0.0900 e. The number of nitrogens with zero attached hydrogens (tertiary/aromatic N) is 1. The van der Waals surface area contributed by atoms with Gasteiger partial charge in [-0.2, -0.15) is 0 Å². The van der Waals surface area contributed by atoms with Gasteiger partial charge in [0, 0.05) is 19.7 Å². The molecule has 2 unspecified atom stereocenters. The summed E-state index contributed by atoms with van der Waals surface area (Å²) in [5.41, 5.74) is 0. The summed E-state index contributed by atoms with van der Waals surface area (Å²) in [6, 6.07) is 0.672. The highest BCUT2D eigenvalue weighted by molar-refractivity contribution is 4.88. The highest BCUT2D eigenvalue weighted by atomic mass is 16.5. The van der Waals surface area contributed by atoms with Gasteiger partial charge in [0.15, 0.2) is 0 Å². The minimum Gasteiger partial charge on any atom is -0.389 e. The van der Waals surface area contributed by atoms with E-state index in [1.54, 1.807) is 7.11 Å². The Morgan fingerprint density at radius 2 is 2.05 bits per heavy atom. The van der Waals surface area contributed by atoms with Crippen molar-refractivity contribution >= 4 is 0 Å². The second kappa shape index (κ2) is 8.95. The second-order valence-electron chi connectivity index (χ2n) is 6.01. The van der Waals surface area contributed by atoms with Crippen molar-refractivity contribution < 1.29 is 14.6 Å². The van der Waals surface area contributed by atoms with Gasteiger partial charge in [-0.15, -0.1) is 0 Å². The summed E-state index contributed by atoms with van der Waals surface area (Å²) >= 11 is 0. The van der Waals surface area contributed by atoms with Gasteiger partial charge in [0.05, 0.1) is 25.9 Å². The Morgan fingerprint density at radius 3 is 2.80 bits per heavy atom. The average molecular weight is 286 g/mol. The summed E-state index contributed by atoms with van der Waals surface area (Å²) in [4.78, 5) is 2.49. The van der Waals surface area contributed by atoms with Crippen molar-refractivity contribution in [1.82, 2.24) is 10.2 Å². The van der Waals surface area contributed by atoms with Crippen molar-refractivity contribution in [2.45, 2.75) is 37.8 Å². The molecule has 118 valence electrons. The second-order valence-corrected chi connectivity index (χ2v) is 6.01. The fraction of sp³-hybridized carbons (Fsp3) is 1.00. The van der Waals surface area contributed by atoms with E-state index in [0.717, 1.165) is 32.1 Å². The molecule has 0 aromatic heterocycles. The number of hydrogen-bond acceptors (Lipinski definition) is 5. The van der Waals surface area contributed by atoms with Crippen LogP contribution in [-0.2, 0) is 9.47 Å². The molecule has 5 nitrogen and oxygen atoms in total. The summed E-state index contributed by atoms with van der Waals surface area (Å²) in [6.45, 7) is 5.75. The van der Waals surface area contributed by atoms with E-state index in [-0.39, 0.29) is 6.10 Å². The number of methoxy groups -OCH3 is 1. The third-order valence-corrected chi connectivity index (χ3v) is 4.53. The van der Waals surface area contributed by atoms with Gasteiger partial charge in [-0.05, 0) is 51.2 Å². The molecule has 2 atom stereocenters. The van der Waals surface area contributed by atoms with Crippen molar-refractivity contribution in [2.75, 3.05) is 53.1 Å². The molecule has 2 aliphatic rings. The Balaban J connectivity index is 1.70. The van der Waals surface area contributed by atoms with E-state index < -0.39 is 0 Å². The molecule has 2 saturated heterocycles. The summed E-state index contributed by atoms with van der Waals surface area (Å²) in [5, 5.41) is 13.5. The minimum absolute atomic E-state index is 0.380. The Hall–Kier alpha value is -0.200. The molecule has 2 heterocycles. The van der Waals surface area contributed by atoms with Gasteiger partial charge in [-0.1, -0.05) is 0 Å². The lowest BCUT2D eigenvalue weighted by molar-refractivity contribution is -0.00614. The third kappa shape index (κ3) is 4.97. The number of β-amino-alcohol motifs (C(OH)–C–C–N with tert-alkyl or cyclic N) is 1. The largest absolute Gasteiger partial charge is 0.389 e. The zero-order chi connectivity index (χ0) is 14.2. The molecule has 0 saturated carbocycles. The van der Waals surface area contributed by atoms with Gasteiger partial charge < -0.3 is 19.9 Å². The van der Waals surface area contributed by atoms with Crippen LogP contribution in [0.5, 0.6) is 0 Å². The lowest BCUT2D eigenvalue weighted by Crippen LogP contribution is -2.44. The van der Waals surface area contributed by atoms with Crippen LogP contribution >= 0.6 is 0 Å². The predicted octanol–water partition coefficient (Wildman–Crippen LogP) is 0.474. The maximum absolute atomic E-state index is 10.1. The molecule has 5 heteroatoms. The molecule has 0 aliphatic carbocycles. The molecule has 2 fully saturated rings. The third-order valence-electron chi connectivity index (χ3n) is 4.53. The Bertz CT molecular complexity index is 260. The quantitative estimate of drug-likeness (QED) is 0.636. The van der Waals surface area contributed by atoms with E-state index in [0.29, 0.717) is 25.9 Å². The molecule has 20 heavy (non-hydrogen) atoms. The Morgan fingerprint density at radius 1 is 1.25 bits per heavy atom. The van der Waals surface area contributed by atoms with E-state index >= 15 is 0 Å². The van der Waals surface area contributed by atoms with Crippen LogP contribution in [0.15, 0.2) is 0 Å². The number of likely N-dealkylation sites (tertiary alicyclic amines) is 1. The molecule has 0 amide bonds. The molecule has 0 bridgehead atoms. The van der Waals surface area contributed by atoms with Crippen LogP contribution in [0.4, 0.5) is 0 Å². The van der Waals surface area contributed by atoms with E-state index in [1.807, 2.05) is 0 Å². The van der Waals surface area contributed by atoms with Gasteiger partial charge in [-0.3, -0.25) is 4.90 Å². The summed E-state index contributed by atoms with van der Waals surface area (Å²) in [7, 11) is 1.66. The maximum Gasteiger partial charge on any atom is 0.0900 e. The van der Waals surface area contributed by atoms with E-state index in [2.05, 4.69) is 10.2 Å². The first-order valence-corrected chi connectivity index (χ1v) is 8.00. The normalized spacial score (nSPS) is 27.0. The maximum atomic E-state index is 10.1. The first kappa shape index (κ1) is 16.2. The van der Waals surface area contributed by atoms with Crippen LogP contribution in [0, 0.1) is 5.92 Å². The summed E-state index contributed by atoms with van der Waals surface area (Å²) in [6.07, 6.45) is 4.74. The summed E-state index contributed by atoms with van der Waals surface area (Å²) < 4.78 is 10.3. The number of aliphatic hydroxyl groups is 1. The Labute approximate surface area is 122 Å². The van der Waals surface area contributed by atoms with Crippen LogP contribution in [0.2, 0.25) is 0 Å². The molecular weight excluding hydrogens is 256 g/mol. The van der Waals surface area contributed by atoms with Crippen LogP contribution in [-0.4, -0.2) is 75.3 Å². The molecule has 0 radical (unpaired) electrons. The van der Waals surface area contributed by atoms with Crippen molar-refractivity contribution in [2.24, 2.45) is 5.92 Å².